The van der Waals surface area contributed by atoms with Crippen LogP contribution in [-0.4, -0.2) is 22.7 Å². The maximum absolute atomic E-state index is 15.6. The first-order valence-electron chi connectivity index (χ1n) is 17.9. The molecule has 1 heterocycles. The van der Waals surface area contributed by atoms with Crippen molar-refractivity contribution in [1.82, 2.24) is 4.98 Å². The normalized spacial score (nSPS) is 21.1. The Morgan fingerprint density at radius 3 is 2.06 bits per heavy atom. The number of nitrogens with zero attached hydrogens (tertiary/aromatic N) is 1. The minimum absolute atomic E-state index is 0.0558. The SMILES string of the molecule is Cc1ncccc1NC(=O)c1ccc2c(c1)CC[C@@H]1C[C@@](OP(OCc3ccccc3)OCc3ccccc3)(C(F)(F)F)CC[C@@]21Cc1ccccc1. The largest absolute Gasteiger partial charge is 0.417 e. The van der Waals surface area contributed by atoms with E-state index in [0.717, 1.165) is 27.8 Å². The van der Waals surface area contributed by atoms with Crippen molar-refractivity contribution in [2.45, 2.75) is 75.9 Å². The average Bonchev–Trinajstić information content (AvgIpc) is 3.17. The van der Waals surface area contributed by atoms with Gasteiger partial charge in [0.05, 0.1) is 24.6 Å². The van der Waals surface area contributed by atoms with E-state index >= 15 is 13.2 Å². The molecule has 3 atom stereocenters. The fourth-order valence-electron chi connectivity index (χ4n) is 7.94. The Balaban J connectivity index is 1.19. The lowest BCUT2D eigenvalue weighted by Gasteiger charge is -2.55. The van der Waals surface area contributed by atoms with Crippen molar-refractivity contribution in [3.8, 4) is 0 Å². The third-order valence-corrected chi connectivity index (χ3v) is 11.9. The molecule has 0 spiro atoms. The number of aryl methyl sites for hydroxylation is 2. The van der Waals surface area contributed by atoms with E-state index in [2.05, 4.69) is 10.3 Å². The molecule has 0 unspecified atom stereocenters. The van der Waals surface area contributed by atoms with Crippen LogP contribution >= 0.6 is 8.60 Å². The number of rotatable bonds is 12. The van der Waals surface area contributed by atoms with E-state index in [1.165, 1.54) is 0 Å². The van der Waals surface area contributed by atoms with Crippen LogP contribution in [0, 0.1) is 12.8 Å². The van der Waals surface area contributed by atoms with E-state index in [0.29, 0.717) is 36.2 Å². The zero-order chi connectivity index (χ0) is 36.9. The molecular weight excluding hydrogens is 696 g/mol. The summed E-state index contributed by atoms with van der Waals surface area (Å²) in [6.07, 6.45) is -1.62. The topological polar surface area (TPSA) is 69.7 Å². The maximum atomic E-state index is 15.6. The third kappa shape index (κ3) is 8.24. The number of hydrogen-bond donors (Lipinski definition) is 1. The number of anilines is 1. The van der Waals surface area contributed by atoms with Crippen LogP contribution in [0.15, 0.2) is 128 Å². The van der Waals surface area contributed by atoms with Gasteiger partial charge >= 0.3 is 14.8 Å². The molecule has 2 aliphatic rings. The van der Waals surface area contributed by atoms with Crippen molar-refractivity contribution >= 4 is 20.2 Å². The van der Waals surface area contributed by atoms with Gasteiger partial charge in [-0.25, -0.2) is 0 Å². The molecule has 4 aromatic carbocycles. The second kappa shape index (κ2) is 15.9. The van der Waals surface area contributed by atoms with Gasteiger partial charge in [-0.05, 0) is 103 Å². The Bertz CT molecular complexity index is 1960. The zero-order valence-electron chi connectivity index (χ0n) is 29.5. The van der Waals surface area contributed by atoms with E-state index < -0.39 is 25.8 Å². The molecule has 0 saturated heterocycles. The fourth-order valence-corrected chi connectivity index (χ4v) is 9.18. The summed E-state index contributed by atoms with van der Waals surface area (Å²) in [7, 11) is -2.39. The summed E-state index contributed by atoms with van der Waals surface area (Å²) in [6.45, 7) is 1.94. The average molecular weight is 739 g/mol. The molecule has 1 amide bonds. The van der Waals surface area contributed by atoms with Gasteiger partial charge in [0, 0.05) is 17.2 Å². The number of carbonyl (C=O) groups excluding carboxylic acids is 1. The summed E-state index contributed by atoms with van der Waals surface area (Å²) in [5, 5.41) is 2.96. The van der Waals surface area contributed by atoms with Crippen LogP contribution in [0.2, 0.25) is 0 Å². The molecular formula is C43H42F3N2O4P. The number of pyridine rings is 1. The molecule has 1 N–H and O–H groups in total. The van der Waals surface area contributed by atoms with Gasteiger partial charge in [0.25, 0.3) is 5.91 Å². The maximum Gasteiger partial charge on any atom is 0.417 e. The summed E-state index contributed by atoms with van der Waals surface area (Å²) < 4.78 is 65.0. The van der Waals surface area contributed by atoms with E-state index in [9.17, 15) is 4.79 Å². The summed E-state index contributed by atoms with van der Waals surface area (Å²) in [4.78, 5) is 17.7. The van der Waals surface area contributed by atoms with Gasteiger partial charge in [-0.15, -0.1) is 0 Å². The second-order valence-electron chi connectivity index (χ2n) is 14.0. The number of hydrogen-bond acceptors (Lipinski definition) is 5. The number of halogens is 3. The summed E-state index contributed by atoms with van der Waals surface area (Å²) >= 11 is 0. The molecule has 5 aromatic rings. The highest BCUT2D eigenvalue weighted by molar-refractivity contribution is 7.41. The van der Waals surface area contributed by atoms with Crippen LogP contribution in [0.4, 0.5) is 18.9 Å². The molecule has 2 aliphatic carbocycles. The molecule has 1 fully saturated rings. The quantitative estimate of drug-likeness (QED) is 0.129. The van der Waals surface area contributed by atoms with Gasteiger partial charge in [0.2, 0.25) is 0 Å². The Morgan fingerprint density at radius 1 is 0.830 bits per heavy atom. The van der Waals surface area contributed by atoms with Crippen LogP contribution in [0.3, 0.4) is 0 Å². The molecule has 0 aliphatic heterocycles. The molecule has 10 heteroatoms. The first kappa shape index (κ1) is 36.9. The number of aromatic nitrogens is 1. The number of benzene rings is 4. The van der Waals surface area contributed by atoms with Crippen molar-refractivity contribution in [1.29, 1.82) is 0 Å². The predicted octanol–water partition coefficient (Wildman–Crippen LogP) is 10.8. The van der Waals surface area contributed by atoms with Gasteiger partial charge in [-0.3, -0.25) is 14.3 Å². The Labute approximate surface area is 309 Å². The summed E-state index contributed by atoms with van der Waals surface area (Å²) in [5.74, 6) is -0.612. The van der Waals surface area contributed by atoms with Crippen molar-refractivity contribution in [3.05, 3.63) is 167 Å². The van der Waals surface area contributed by atoms with Crippen molar-refractivity contribution in [3.63, 3.8) is 0 Å². The standard InChI is InChI=1S/C43H42F3N2O4P/c1-31-39(18-11-25-47-31)48-40(49)36-20-22-38-35(26-36)19-21-37-28-42(43(44,45)46,24-23-41(37,38)27-32-12-5-2-6-13-32)52-53(50-29-33-14-7-3-8-15-33)51-30-34-16-9-4-10-17-34/h2-18,20,22,25-26,37H,19,21,23-24,27-30H2,1H3,(H,48,49)/t37-,41+,42-/m1/s1. The second-order valence-corrected chi connectivity index (χ2v) is 15.2. The number of carbonyl (C=O) groups is 1. The van der Waals surface area contributed by atoms with Crippen LogP contribution in [0.25, 0.3) is 0 Å². The minimum Gasteiger partial charge on any atom is -0.320 e. The van der Waals surface area contributed by atoms with E-state index in [4.69, 9.17) is 13.6 Å². The lowest BCUT2D eigenvalue weighted by atomic mass is 9.52. The molecule has 1 saturated carbocycles. The third-order valence-electron chi connectivity index (χ3n) is 10.7. The van der Waals surface area contributed by atoms with Gasteiger partial charge in [0.1, 0.15) is 0 Å². The number of nitrogens with one attached hydrogen (secondary N) is 1. The van der Waals surface area contributed by atoms with Gasteiger partial charge < -0.3 is 14.4 Å². The highest BCUT2D eigenvalue weighted by Crippen LogP contribution is 2.62. The number of alkyl halides is 3. The zero-order valence-corrected chi connectivity index (χ0v) is 30.4. The fraction of sp³-hybridized carbons (Fsp3) is 0.302. The summed E-state index contributed by atoms with van der Waals surface area (Å²) in [6, 6.07) is 37.8. The highest BCUT2D eigenvalue weighted by atomic mass is 31.2. The van der Waals surface area contributed by atoms with Gasteiger partial charge in [0.15, 0.2) is 5.60 Å². The molecule has 7 rings (SSSR count). The highest BCUT2D eigenvalue weighted by Gasteiger charge is 2.64. The van der Waals surface area contributed by atoms with Crippen molar-refractivity contribution < 1.29 is 31.5 Å². The van der Waals surface area contributed by atoms with E-state index in [1.807, 2.05) is 110 Å². The van der Waals surface area contributed by atoms with Gasteiger partial charge in [-0.2, -0.15) is 13.2 Å². The van der Waals surface area contributed by atoms with Crippen LogP contribution in [0.1, 0.15) is 69.6 Å². The lowest BCUT2D eigenvalue weighted by molar-refractivity contribution is -0.271. The van der Waals surface area contributed by atoms with Crippen LogP contribution in [0.5, 0.6) is 0 Å². The monoisotopic (exact) mass is 738 g/mol. The molecule has 53 heavy (non-hydrogen) atoms. The lowest BCUT2D eigenvalue weighted by Crippen LogP contribution is -2.57. The summed E-state index contributed by atoms with van der Waals surface area (Å²) in [5.41, 5.74) is 3.46. The first-order valence-corrected chi connectivity index (χ1v) is 19.0. The predicted molar refractivity (Wildman–Crippen MR) is 200 cm³/mol. The molecule has 6 nitrogen and oxygen atoms in total. The molecule has 1 aromatic heterocycles. The van der Waals surface area contributed by atoms with E-state index in [-0.39, 0.29) is 44.3 Å². The van der Waals surface area contributed by atoms with E-state index in [1.54, 1.807) is 24.4 Å². The number of amides is 1. The molecule has 0 bridgehead atoms. The minimum atomic E-state index is -4.68. The van der Waals surface area contributed by atoms with Crippen molar-refractivity contribution in [2.75, 3.05) is 5.32 Å². The smallest absolute Gasteiger partial charge is 0.320 e. The Kier molecular flexibility index (Phi) is 11.1. The molecule has 0 radical (unpaired) electrons. The first-order chi connectivity index (χ1) is 25.6. The molecule has 274 valence electrons. The van der Waals surface area contributed by atoms with Crippen LogP contribution < -0.4 is 5.32 Å². The Hall–Kier alpha value is -4.40. The Morgan fingerprint density at radius 2 is 1.45 bits per heavy atom. The van der Waals surface area contributed by atoms with Crippen LogP contribution in [-0.2, 0) is 45.0 Å². The number of fused-ring (bicyclic) bond motifs is 3. The van der Waals surface area contributed by atoms with Gasteiger partial charge in [-0.1, -0.05) is 97.1 Å². The van der Waals surface area contributed by atoms with Crippen molar-refractivity contribution in [2.24, 2.45) is 5.92 Å².